The first-order valence-corrected chi connectivity index (χ1v) is 6.90. The van der Waals surface area contributed by atoms with Gasteiger partial charge in [-0.2, -0.15) is 0 Å². The van der Waals surface area contributed by atoms with Crippen molar-refractivity contribution >= 4 is 40.8 Å². The van der Waals surface area contributed by atoms with Crippen LogP contribution in [0.2, 0.25) is 0 Å². The second-order valence-electron chi connectivity index (χ2n) is 4.74. The number of allylic oxidation sites excluding steroid dienone is 1. The van der Waals surface area contributed by atoms with Gasteiger partial charge in [0.15, 0.2) is 0 Å². The first-order valence-electron chi connectivity index (χ1n) is 5.77. The third kappa shape index (κ3) is 1.39. The Bertz CT molecular complexity index is 497. The van der Waals surface area contributed by atoms with Gasteiger partial charge in [-0.1, -0.05) is 41.2 Å². The van der Waals surface area contributed by atoms with Crippen LogP contribution in [0.5, 0.6) is 0 Å². The van der Waals surface area contributed by atoms with Gasteiger partial charge in [0, 0.05) is 23.6 Å². The smallest absolute Gasteiger partial charge is 0.353 e. The Kier molecular flexibility index (Phi) is 2.94. The molecule has 3 rings (SSSR count). The second kappa shape index (κ2) is 4.14. The third-order valence-electron chi connectivity index (χ3n) is 4.01. The lowest BCUT2D eigenvalue weighted by atomic mass is 9.79. The second-order valence-corrected chi connectivity index (χ2v) is 5.91. The number of carbonyl (C=O) groups excluding carboxylic acids is 1. The van der Waals surface area contributed by atoms with Crippen LogP contribution in [0.4, 0.5) is 0 Å². The highest BCUT2D eigenvalue weighted by Gasteiger charge is 2.59. The fourth-order valence-electron chi connectivity index (χ4n) is 3.22. The van der Waals surface area contributed by atoms with Gasteiger partial charge in [0.2, 0.25) is 0 Å². The largest absolute Gasteiger partial charge is 0.419 e. The van der Waals surface area contributed by atoms with Crippen LogP contribution >= 0.6 is 34.8 Å². The maximum Gasteiger partial charge on any atom is 0.353 e. The van der Waals surface area contributed by atoms with E-state index in [2.05, 4.69) is 0 Å². The summed E-state index contributed by atoms with van der Waals surface area (Å²) in [5.74, 6) is -1.78. The topological polar surface area (TPSA) is 35.5 Å². The highest BCUT2D eigenvalue weighted by molar-refractivity contribution is 6.44. The molecule has 3 aliphatic rings. The predicted molar refractivity (Wildman–Crippen MR) is 68.3 cm³/mol. The summed E-state index contributed by atoms with van der Waals surface area (Å²) < 4.78 is 10.6. The zero-order chi connectivity index (χ0) is 13.1. The maximum atomic E-state index is 11.7. The minimum atomic E-state index is -1.39. The number of esters is 1. The average molecular weight is 310 g/mol. The molecule has 0 amide bonds. The molecule has 3 atom stereocenters. The first kappa shape index (κ1) is 12.8. The third-order valence-corrected chi connectivity index (χ3v) is 5.38. The van der Waals surface area contributed by atoms with E-state index in [4.69, 9.17) is 44.3 Å². The normalized spacial score (nSPS) is 39.0. The lowest BCUT2D eigenvalue weighted by Crippen LogP contribution is -2.42. The molecule has 0 radical (unpaired) electrons. The summed E-state index contributed by atoms with van der Waals surface area (Å²) in [6, 6.07) is 0. The number of methoxy groups -OCH3 is 1. The van der Waals surface area contributed by atoms with E-state index in [9.17, 15) is 4.79 Å². The van der Waals surface area contributed by atoms with E-state index < -0.39 is 11.8 Å². The van der Waals surface area contributed by atoms with Gasteiger partial charge >= 0.3 is 5.97 Å². The SMILES string of the molecule is CO[C@@]12OC(=O)C(Cl)=C1[C@@H]1CCC[C@@H]1C(Cl)=C2Cl. The fourth-order valence-corrected chi connectivity index (χ4v) is 4.27. The lowest BCUT2D eigenvalue weighted by Gasteiger charge is -2.38. The summed E-state index contributed by atoms with van der Waals surface area (Å²) in [6.45, 7) is 0. The minimum Gasteiger partial charge on any atom is -0.419 e. The molecule has 0 aromatic rings. The quantitative estimate of drug-likeness (QED) is 0.696. The van der Waals surface area contributed by atoms with Gasteiger partial charge in [-0.25, -0.2) is 4.79 Å². The molecular weight excluding hydrogens is 298 g/mol. The van der Waals surface area contributed by atoms with Crippen molar-refractivity contribution in [3.05, 3.63) is 20.7 Å². The standard InChI is InChI=1S/C12H11Cl3O3/c1-17-12-7(9(14)11(16)18-12)5-3-2-4-6(5)8(13)10(12)15/h5-6H,2-4H2,1H3/t5-,6+,12-/m1/s1. The summed E-state index contributed by atoms with van der Waals surface area (Å²) in [6.07, 6.45) is 2.89. The van der Waals surface area contributed by atoms with Crippen LogP contribution in [-0.4, -0.2) is 18.9 Å². The molecule has 3 nitrogen and oxygen atoms in total. The van der Waals surface area contributed by atoms with Crippen molar-refractivity contribution in [1.29, 1.82) is 0 Å². The van der Waals surface area contributed by atoms with Crippen LogP contribution < -0.4 is 0 Å². The number of ether oxygens (including phenoxy) is 2. The molecule has 0 N–H and O–H groups in total. The molecule has 0 aromatic carbocycles. The summed E-state index contributed by atoms with van der Waals surface area (Å²) in [7, 11) is 1.44. The number of halogens is 3. The van der Waals surface area contributed by atoms with Crippen LogP contribution in [0.1, 0.15) is 19.3 Å². The van der Waals surface area contributed by atoms with Crippen LogP contribution in [0, 0.1) is 11.8 Å². The van der Waals surface area contributed by atoms with E-state index in [-0.39, 0.29) is 21.9 Å². The Morgan fingerprint density at radius 3 is 2.61 bits per heavy atom. The number of fused-ring (bicyclic) bond motifs is 3. The molecule has 6 heteroatoms. The van der Waals surface area contributed by atoms with E-state index in [1.165, 1.54) is 7.11 Å². The molecule has 1 saturated carbocycles. The Labute approximate surface area is 120 Å². The molecular formula is C12H11Cl3O3. The molecule has 1 aliphatic heterocycles. The van der Waals surface area contributed by atoms with E-state index in [1.54, 1.807) is 0 Å². The number of hydrogen-bond donors (Lipinski definition) is 0. The van der Waals surface area contributed by atoms with Crippen molar-refractivity contribution in [2.24, 2.45) is 11.8 Å². The van der Waals surface area contributed by atoms with E-state index in [0.717, 1.165) is 19.3 Å². The Hall–Kier alpha value is -0.220. The van der Waals surface area contributed by atoms with Gasteiger partial charge in [-0.3, -0.25) is 0 Å². The van der Waals surface area contributed by atoms with Crippen molar-refractivity contribution in [1.82, 2.24) is 0 Å². The number of carbonyl (C=O) groups is 1. The van der Waals surface area contributed by atoms with Gasteiger partial charge < -0.3 is 9.47 Å². The van der Waals surface area contributed by atoms with E-state index in [0.29, 0.717) is 10.6 Å². The highest BCUT2D eigenvalue weighted by Crippen LogP contribution is 2.59. The predicted octanol–water partition coefficient (Wildman–Crippen LogP) is 3.50. The van der Waals surface area contributed by atoms with Crippen molar-refractivity contribution in [2.45, 2.75) is 25.0 Å². The monoisotopic (exact) mass is 308 g/mol. The molecule has 0 bridgehead atoms. The molecule has 98 valence electrons. The Morgan fingerprint density at radius 2 is 1.94 bits per heavy atom. The lowest BCUT2D eigenvalue weighted by molar-refractivity contribution is -0.179. The summed E-state index contributed by atoms with van der Waals surface area (Å²) in [5.41, 5.74) is 0.647. The van der Waals surface area contributed by atoms with Crippen molar-refractivity contribution in [3.8, 4) is 0 Å². The van der Waals surface area contributed by atoms with Crippen LogP contribution in [0.15, 0.2) is 20.7 Å². The first-order chi connectivity index (χ1) is 8.53. The maximum absolute atomic E-state index is 11.7. The Morgan fingerprint density at radius 1 is 1.28 bits per heavy atom. The van der Waals surface area contributed by atoms with Crippen LogP contribution in [0.25, 0.3) is 0 Å². The molecule has 18 heavy (non-hydrogen) atoms. The number of rotatable bonds is 1. The fraction of sp³-hybridized carbons (Fsp3) is 0.583. The Balaban J connectivity index is 2.26. The molecule has 0 unspecified atom stereocenters. The highest BCUT2D eigenvalue weighted by atomic mass is 35.5. The average Bonchev–Trinajstić information content (AvgIpc) is 2.91. The van der Waals surface area contributed by atoms with Crippen molar-refractivity contribution in [2.75, 3.05) is 7.11 Å². The van der Waals surface area contributed by atoms with Gasteiger partial charge in [-0.15, -0.1) is 0 Å². The van der Waals surface area contributed by atoms with Gasteiger partial charge in [-0.05, 0) is 18.8 Å². The molecule has 1 fully saturated rings. The molecule has 2 aliphatic carbocycles. The van der Waals surface area contributed by atoms with Gasteiger partial charge in [0.05, 0.1) is 0 Å². The summed E-state index contributed by atoms with van der Waals surface area (Å²) in [5, 5.41) is 0.855. The van der Waals surface area contributed by atoms with Gasteiger partial charge in [0.25, 0.3) is 5.79 Å². The minimum absolute atomic E-state index is 0.0823. The molecule has 0 aromatic heterocycles. The van der Waals surface area contributed by atoms with Gasteiger partial charge in [0.1, 0.15) is 10.1 Å². The van der Waals surface area contributed by atoms with Crippen LogP contribution in [0.3, 0.4) is 0 Å². The number of hydrogen-bond acceptors (Lipinski definition) is 3. The van der Waals surface area contributed by atoms with Crippen molar-refractivity contribution < 1.29 is 14.3 Å². The zero-order valence-electron chi connectivity index (χ0n) is 9.63. The zero-order valence-corrected chi connectivity index (χ0v) is 11.9. The molecule has 1 heterocycles. The van der Waals surface area contributed by atoms with E-state index in [1.807, 2.05) is 0 Å². The van der Waals surface area contributed by atoms with E-state index >= 15 is 0 Å². The van der Waals surface area contributed by atoms with Crippen LogP contribution in [-0.2, 0) is 14.3 Å². The van der Waals surface area contributed by atoms with Crippen molar-refractivity contribution in [3.63, 3.8) is 0 Å². The molecule has 0 spiro atoms. The summed E-state index contributed by atoms with van der Waals surface area (Å²) in [4.78, 5) is 11.7. The molecule has 0 saturated heterocycles. The summed E-state index contributed by atoms with van der Waals surface area (Å²) >= 11 is 18.7.